The van der Waals surface area contributed by atoms with Gasteiger partial charge in [0, 0.05) is 23.0 Å². The number of sulfonamides is 1. The number of carbonyl (C=O) groups is 1. The molecule has 0 unspecified atom stereocenters. The van der Waals surface area contributed by atoms with Gasteiger partial charge in [-0.1, -0.05) is 11.6 Å². The SMILES string of the molecule is Cc1cc(C)nc(NS(=O)(=O)c2ccc(NC(=O)Cn3nc(C(F)F)c(Cl)c3C3CC3)cc2)n1. The van der Waals surface area contributed by atoms with Crippen LogP contribution in [0.1, 0.15) is 48.0 Å². The first-order valence-electron chi connectivity index (χ1n) is 10.3. The number of nitrogens with one attached hydrogen (secondary N) is 2. The second-order valence-electron chi connectivity index (χ2n) is 7.97. The third kappa shape index (κ3) is 5.33. The summed E-state index contributed by atoms with van der Waals surface area (Å²) in [6.45, 7) is 3.15. The maximum Gasteiger partial charge on any atom is 0.283 e. The maximum atomic E-state index is 13.2. The summed E-state index contributed by atoms with van der Waals surface area (Å²) in [5.41, 5.74) is 1.46. The Hall–Kier alpha value is -3.12. The van der Waals surface area contributed by atoms with Gasteiger partial charge in [0.25, 0.3) is 16.4 Å². The molecule has 0 aliphatic heterocycles. The molecule has 0 atom stereocenters. The van der Waals surface area contributed by atoms with Crippen molar-refractivity contribution >= 4 is 39.2 Å². The molecular weight excluding hydrogens is 490 g/mol. The molecule has 0 saturated heterocycles. The number of aryl methyl sites for hydroxylation is 2. The van der Waals surface area contributed by atoms with Crippen molar-refractivity contribution in [3.63, 3.8) is 0 Å². The number of hydrogen-bond donors (Lipinski definition) is 2. The Bertz CT molecular complexity index is 1320. The van der Waals surface area contributed by atoms with E-state index in [4.69, 9.17) is 11.6 Å². The lowest BCUT2D eigenvalue weighted by molar-refractivity contribution is -0.117. The first kappa shape index (κ1) is 24.0. The smallest absolute Gasteiger partial charge is 0.283 e. The van der Waals surface area contributed by atoms with Crippen molar-refractivity contribution in [1.82, 2.24) is 19.7 Å². The first-order chi connectivity index (χ1) is 16.0. The minimum absolute atomic E-state index is 0.0125. The van der Waals surface area contributed by atoms with E-state index in [2.05, 4.69) is 25.1 Å². The number of anilines is 2. The summed E-state index contributed by atoms with van der Waals surface area (Å²) in [4.78, 5) is 20.6. The van der Waals surface area contributed by atoms with Gasteiger partial charge in [-0.2, -0.15) is 5.10 Å². The number of hydrogen-bond acceptors (Lipinski definition) is 6. The van der Waals surface area contributed by atoms with Gasteiger partial charge in [-0.25, -0.2) is 31.9 Å². The molecule has 9 nitrogen and oxygen atoms in total. The molecule has 1 fully saturated rings. The molecule has 0 spiro atoms. The average molecular weight is 511 g/mol. The summed E-state index contributed by atoms with van der Waals surface area (Å²) in [6.07, 6.45) is -1.24. The Morgan fingerprint density at radius 1 is 1.18 bits per heavy atom. The predicted octanol–water partition coefficient (Wildman–Crippen LogP) is 4.20. The zero-order valence-corrected chi connectivity index (χ0v) is 19.8. The van der Waals surface area contributed by atoms with Crippen LogP contribution in [0.2, 0.25) is 5.02 Å². The van der Waals surface area contributed by atoms with Crippen molar-refractivity contribution in [3.05, 3.63) is 58.1 Å². The van der Waals surface area contributed by atoms with Crippen LogP contribution in [0.4, 0.5) is 20.4 Å². The summed E-state index contributed by atoms with van der Waals surface area (Å²) < 4.78 is 55.2. The Morgan fingerprint density at radius 3 is 2.35 bits per heavy atom. The van der Waals surface area contributed by atoms with E-state index in [0.29, 0.717) is 22.8 Å². The highest BCUT2D eigenvalue weighted by atomic mass is 35.5. The van der Waals surface area contributed by atoms with Gasteiger partial charge in [-0.3, -0.25) is 9.48 Å². The summed E-state index contributed by atoms with van der Waals surface area (Å²) in [7, 11) is -3.95. The summed E-state index contributed by atoms with van der Waals surface area (Å²) >= 11 is 6.07. The fourth-order valence-electron chi connectivity index (χ4n) is 3.48. The quantitative estimate of drug-likeness (QED) is 0.469. The predicted molar refractivity (Wildman–Crippen MR) is 122 cm³/mol. The van der Waals surface area contributed by atoms with Crippen LogP contribution >= 0.6 is 11.6 Å². The first-order valence-corrected chi connectivity index (χ1v) is 12.2. The summed E-state index contributed by atoms with van der Waals surface area (Å²) in [5.74, 6) is -0.542. The number of rotatable bonds is 8. The van der Waals surface area contributed by atoms with Gasteiger partial charge in [0.05, 0.1) is 15.6 Å². The molecule has 1 saturated carbocycles. The normalized spacial score (nSPS) is 13.8. The van der Waals surface area contributed by atoms with E-state index in [1.807, 2.05) is 0 Å². The van der Waals surface area contributed by atoms with Crippen molar-refractivity contribution in [3.8, 4) is 0 Å². The molecule has 180 valence electrons. The number of alkyl halides is 2. The molecule has 3 aromatic rings. The van der Waals surface area contributed by atoms with Gasteiger partial charge < -0.3 is 5.32 Å². The zero-order chi connectivity index (χ0) is 24.6. The molecule has 1 aromatic carbocycles. The van der Waals surface area contributed by atoms with Gasteiger partial charge in [0.15, 0.2) is 0 Å². The Balaban J connectivity index is 1.45. The molecule has 0 bridgehead atoms. The number of nitrogens with zero attached hydrogens (tertiary/aromatic N) is 4. The Labute approximate surface area is 199 Å². The molecular formula is C21H21ClF2N6O3S. The fourth-order valence-corrected chi connectivity index (χ4v) is 4.80. The molecule has 2 heterocycles. The Kier molecular flexibility index (Phi) is 6.54. The van der Waals surface area contributed by atoms with E-state index in [9.17, 15) is 22.0 Å². The average Bonchev–Trinajstić information content (AvgIpc) is 3.50. The molecule has 0 radical (unpaired) electrons. The van der Waals surface area contributed by atoms with Gasteiger partial charge >= 0.3 is 0 Å². The molecule has 13 heteroatoms. The van der Waals surface area contributed by atoms with Crippen molar-refractivity contribution in [2.75, 3.05) is 10.0 Å². The van der Waals surface area contributed by atoms with Gasteiger partial charge in [0.2, 0.25) is 11.9 Å². The van der Waals surface area contributed by atoms with Crippen LogP contribution in [0.15, 0.2) is 35.2 Å². The number of amides is 1. The third-order valence-electron chi connectivity index (χ3n) is 5.08. The minimum atomic E-state index is -3.95. The van der Waals surface area contributed by atoms with Gasteiger partial charge in [-0.15, -0.1) is 0 Å². The van der Waals surface area contributed by atoms with Gasteiger partial charge in [-0.05, 0) is 57.0 Å². The van der Waals surface area contributed by atoms with Crippen LogP contribution in [-0.2, 0) is 21.4 Å². The summed E-state index contributed by atoms with van der Waals surface area (Å²) in [5, 5.41) is 6.34. The van der Waals surface area contributed by atoms with Crippen LogP contribution in [0.3, 0.4) is 0 Å². The van der Waals surface area contributed by atoms with Crippen molar-refractivity contribution in [2.45, 2.75) is 50.5 Å². The molecule has 1 aliphatic carbocycles. The molecule has 2 N–H and O–H groups in total. The number of carbonyl (C=O) groups excluding carboxylic acids is 1. The van der Waals surface area contributed by atoms with Crippen LogP contribution in [-0.4, -0.2) is 34.1 Å². The van der Waals surface area contributed by atoms with E-state index in [-0.39, 0.29) is 28.3 Å². The highest BCUT2D eigenvalue weighted by molar-refractivity contribution is 7.92. The fraction of sp³-hybridized carbons (Fsp3) is 0.333. The molecule has 4 rings (SSSR count). The van der Waals surface area contributed by atoms with Crippen molar-refractivity contribution in [2.24, 2.45) is 0 Å². The van der Waals surface area contributed by atoms with E-state index in [1.54, 1.807) is 19.9 Å². The zero-order valence-electron chi connectivity index (χ0n) is 18.2. The molecule has 2 aromatic heterocycles. The van der Waals surface area contributed by atoms with E-state index < -0.39 is 28.0 Å². The van der Waals surface area contributed by atoms with Crippen molar-refractivity contribution in [1.29, 1.82) is 0 Å². The van der Waals surface area contributed by atoms with Crippen LogP contribution in [0, 0.1) is 13.8 Å². The lowest BCUT2D eigenvalue weighted by Crippen LogP contribution is -2.21. The highest BCUT2D eigenvalue weighted by Gasteiger charge is 2.34. The molecule has 34 heavy (non-hydrogen) atoms. The van der Waals surface area contributed by atoms with Crippen molar-refractivity contribution < 1.29 is 22.0 Å². The minimum Gasteiger partial charge on any atom is -0.324 e. The standard InChI is InChI=1S/C21H21ClF2N6O3S/c1-11-9-12(2)26-21(25-11)29-34(32,33)15-7-5-14(6-8-15)27-16(31)10-30-19(13-3-4-13)17(22)18(28-30)20(23)24/h5-9,13,20H,3-4,10H2,1-2H3,(H,27,31)(H,25,26,29). The van der Waals surface area contributed by atoms with Crippen LogP contribution in [0.25, 0.3) is 0 Å². The number of halogens is 3. The Morgan fingerprint density at radius 2 is 1.79 bits per heavy atom. The third-order valence-corrected chi connectivity index (χ3v) is 6.81. The molecule has 1 amide bonds. The highest BCUT2D eigenvalue weighted by Crippen LogP contribution is 2.45. The van der Waals surface area contributed by atoms with Crippen LogP contribution in [0.5, 0.6) is 0 Å². The second-order valence-corrected chi connectivity index (χ2v) is 10.0. The molecule has 1 aliphatic rings. The maximum absolute atomic E-state index is 13.2. The largest absolute Gasteiger partial charge is 0.324 e. The van der Waals surface area contributed by atoms with E-state index >= 15 is 0 Å². The number of benzene rings is 1. The summed E-state index contributed by atoms with van der Waals surface area (Å²) in [6, 6.07) is 7.18. The second kappa shape index (κ2) is 9.26. The lowest BCUT2D eigenvalue weighted by Gasteiger charge is -2.10. The van der Waals surface area contributed by atoms with E-state index in [1.165, 1.54) is 28.9 Å². The van der Waals surface area contributed by atoms with Crippen LogP contribution < -0.4 is 10.0 Å². The monoisotopic (exact) mass is 510 g/mol. The van der Waals surface area contributed by atoms with E-state index in [0.717, 1.165) is 12.8 Å². The lowest BCUT2D eigenvalue weighted by atomic mass is 10.2. The number of aromatic nitrogens is 4. The van der Waals surface area contributed by atoms with Gasteiger partial charge in [0.1, 0.15) is 12.2 Å². The topological polar surface area (TPSA) is 119 Å².